The highest BCUT2D eigenvalue weighted by molar-refractivity contribution is 5.76. The van der Waals surface area contributed by atoms with Crippen molar-refractivity contribution in [2.75, 3.05) is 33.7 Å². The largest absolute Gasteiger partial charge is 0.341 e. The van der Waals surface area contributed by atoms with E-state index in [0.717, 1.165) is 32.5 Å². The van der Waals surface area contributed by atoms with E-state index in [4.69, 9.17) is 5.73 Å². The lowest BCUT2D eigenvalue weighted by Gasteiger charge is -2.24. The SMILES string of the molecule is CCCN(CCN(C)C)C(=O)CCC(C)N. The summed E-state index contributed by atoms with van der Waals surface area (Å²) in [6.45, 7) is 6.63. The summed E-state index contributed by atoms with van der Waals surface area (Å²) in [4.78, 5) is 15.9. The van der Waals surface area contributed by atoms with Crippen LogP contribution in [0.2, 0.25) is 0 Å². The van der Waals surface area contributed by atoms with Crippen molar-refractivity contribution in [1.82, 2.24) is 9.80 Å². The molecule has 1 atom stereocenters. The molecule has 0 aliphatic rings. The van der Waals surface area contributed by atoms with Crippen LogP contribution in [0.15, 0.2) is 0 Å². The standard InChI is InChI=1S/C12H27N3O/c1-5-8-15(10-9-14(3)4)12(16)7-6-11(2)13/h11H,5-10,13H2,1-4H3. The van der Waals surface area contributed by atoms with E-state index in [1.54, 1.807) is 0 Å². The van der Waals surface area contributed by atoms with Crippen molar-refractivity contribution in [3.05, 3.63) is 0 Å². The van der Waals surface area contributed by atoms with E-state index in [2.05, 4.69) is 11.8 Å². The molecule has 0 spiro atoms. The molecule has 0 aromatic rings. The summed E-state index contributed by atoms with van der Waals surface area (Å²) in [6.07, 6.45) is 2.36. The smallest absolute Gasteiger partial charge is 0.222 e. The summed E-state index contributed by atoms with van der Waals surface area (Å²) >= 11 is 0. The number of rotatable bonds is 8. The zero-order chi connectivity index (χ0) is 12.6. The molecule has 0 bridgehead atoms. The van der Waals surface area contributed by atoms with Crippen LogP contribution < -0.4 is 5.73 Å². The summed E-state index contributed by atoms with van der Waals surface area (Å²) < 4.78 is 0. The predicted molar refractivity (Wildman–Crippen MR) is 68.3 cm³/mol. The first-order valence-electron chi connectivity index (χ1n) is 6.15. The highest BCUT2D eigenvalue weighted by Gasteiger charge is 2.12. The fourth-order valence-corrected chi connectivity index (χ4v) is 1.46. The van der Waals surface area contributed by atoms with Crippen molar-refractivity contribution >= 4 is 5.91 Å². The third-order valence-electron chi connectivity index (χ3n) is 2.48. The van der Waals surface area contributed by atoms with Gasteiger partial charge in [0.25, 0.3) is 0 Å². The van der Waals surface area contributed by atoms with Gasteiger partial charge in [0.1, 0.15) is 0 Å². The number of hydrogen-bond donors (Lipinski definition) is 1. The molecule has 4 heteroatoms. The minimum Gasteiger partial charge on any atom is -0.341 e. The van der Waals surface area contributed by atoms with Crippen molar-refractivity contribution in [1.29, 1.82) is 0 Å². The molecule has 0 radical (unpaired) electrons. The number of nitrogens with zero attached hydrogens (tertiary/aromatic N) is 2. The Balaban J connectivity index is 4.02. The molecule has 96 valence electrons. The highest BCUT2D eigenvalue weighted by Crippen LogP contribution is 2.01. The molecule has 0 aromatic carbocycles. The molecular formula is C12H27N3O. The zero-order valence-corrected chi connectivity index (χ0v) is 11.2. The van der Waals surface area contributed by atoms with Gasteiger partial charge < -0.3 is 15.5 Å². The van der Waals surface area contributed by atoms with Crippen molar-refractivity contribution in [2.45, 2.75) is 39.2 Å². The number of carbonyl (C=O) groups excluding carboxylic acids is 1. The molecule has 0 heterocycles. The second-order valence-corrected chi connectivity index (χ2v) is 4.70. The van der Waals surface area contributed by atoms with Crippen molar-refractivity contribution in [3.8, 4) is 0 Å². The molecule has 4 nitrogen and oxygen atoms in total. The maximum Gasteiger partial charge on any atom is 0.222 e. The molecule has 2 N–H and O–H groups in total. The van der Waals surface area contributed by atoms with Gasteiger partial charge in [0, 0.05) is 32.1 Å². The maximum atomic E-state index is 11.9. The van der Waals surface area contributed by atoms with Gasteiger partial charge in [-0.25, -0.2) is 0 Å². The Kier molecular flexibility index (Phi) is 8.21. The van der Waals surface area contributed by atoms with Crippen molar-refractivity contribution in [3.63, 3.8) is 0 Å². The van der Waals surface area contributed by atoms with Crippen LogP contribution in [-0.4, -0.2) is 55.5 Å². The van der Waals surface area contributed by atoms with Gasteiger partial charge >= 0.3 is 0 Å². The van der Waals surface area contributed by atoms with E-state index < -0.39 is 0 Å². The summed E-state index contributed by atoms with van der Waals surface area (Å²) in [5, 5.41) is 0. The Hall–Kier alpha value is -0.610. The number of amides is 1. The number of nitrogens with two attached hydrogens (primary N) is 1. The van der Waals surface area contributed by atoms with Gasteiger partial charge in [0.05, 0.1) is 0 Å². The molecule has 0 saturated heterocycles. The van der Waals surface area contributed by atoms with E-state index in [1.807, 2.05) is 25.9 Å². The van der Waals surface area contributed by atoms with Crippen LogP contribution >= 0.6 is 0 Å². The van der Waals surface area contributed by atoms with Gasteiger partial charge in [0.2, 0.25) is 5.91 Å². The van der Waals surface area contributed by atoms with Crippen LogP contribution in [0.25, 0.3) is 0 Å². The molecule has 0 aliphatic carbocycles. The van der Waals surface area contributed by atoms with Gasteiger partial charge in [-0.1, -0.05) is 6.92 Å². The zero-order valence-electron chi connectivity index (χ0n) is 11.2. The molecule has 0 aromatic heterocycles. The molecule has 1 amide bonds. The lowest BCUT2D eigenvalue weighted by Crippen LogP contribution is -2.37. The first-order chi connectivity index (χ1) is 7.47. The normalized spacial score (nSPS) is 12.9. The third kappa shape index (κ3) is 7.65. The summed E-state index contributed by atoms with van der Waals surface area (Å²) in [5.74, 6) is 0.237. The lowest BCUT2D eigenvalue weighted by atomic mass is 10.2. The van der Waals surface area contributed by atoms with Crippen LogP contribution in [-0.2, 0) is 4.79 Å². The van der Waals surface area contributed by atoms with Crippen LogP contribution in [0, 0.1) is 0 Å². The Morgan fingerprint density at radius 1 is 1.25 bits per heavy atom. The van der Waals surface area contributed by atoms with Crippen LogP contribution in [0.3, 0.4) is 0 Å². The molecule has 0 rings (SSSR count). The molecule has 0 saturated carbocycles. The average molecular weight is 229 g/mol. The molecule has 16 heavy (non-hydrogen) atoms. The lowest BCUT2D eigenvalue weighted by molar-refractivity contribution is -0.131. The Morgan fingerprint density at radius 2 is 1.88 bits per heavy atom. The van der Waals surface area contributed by atoms with Crippen molar-refractivity contribution < 1.29 is 4.79 Å². The minimum atomic E-state index is 0.112. The van der Waals surface area contributed by atoms with Crippen molar-refractivity contribution in [2.24, 2.45) is 5.73 Å². The number of carbonyl (C=O) groups is 1. The Morgan fingerprint density at radius 3 is 2.31 bits per heavy atom. The minimum absolute atomic E-state index is 0.112. The van der Waals surface area contributed by atoms with E-state index in [0.29, 0.717) is 6.42 Å². The molecule has 0 fully saturated rings. The molecule has 1 unspecified atom stereocenters. The second-order valence-electron chi connectivity index (χ2n) is 4.70. The fourth-order valence-electron chi connectivity index (χ4n) is 1.46. The van der Waals surface area contributed by atoms with Crippen LogP contribution in [0.1, 0.15) is 33.1 Å². The summed E-state index contributed by atoms with van der Waals surface area (Å²) in [5.41, 5.74) is 5.66. The van der Waals surface area contributed by atoms with E-state index in [9.17, 15) is 4.79 Å². The topological polar surface area (TPSA) is 49.6 Å². The average Bonchev–Trinajstić information content (AvgIpc) is 2.20. The fraction of sp³-hybridized carbons (Fsp3) is 0.917. The van der Waals surface area contributed by atoms with Gasteiger partial charge in [-0.05, 0) is 33.9 Å². The first kappa shape index (κ1) is 15.4. The summed E-state index contributed by atoms with van der Waals surface area (Å²) in [6, 6.07) is 0.112. The van der Waals surface area contributed by atoms with Crippen LogP contribution in [0.5, 0.6) is 0 Å². The summed E-state index contributed by atoms with van der Waals surface area (Å²) in [7, 11) is 4.05. The Labute approximate surface area is 99.8 Å². The Bertz CT molecular complexity index is 193. The number of hydrogen-bond acceptors (Lipinski definition) is 3. The van der Waals surface area contributed by atoms with Gasteiger partial charge in [-0.3, -0.25) is 4.79 Å². The van der Waals surface area contributed by atoms with Gasteiger partial charge in [-0.2, -0.15) is 0 Å². The second kappa shape index (κ2) is 8.53. The third-order valence-corrected chi connectivity index (χ3v) is 2.48. The monoisotopic (exact) mass is 229 g/mol. The highest BCUT2D eigenvalue weighted by atomic mass is 16.2. The van der Waals surface area contributed by atoms with Crippen LogP contribution in [0.4, 0.5) is 0 Å². The van der Waals surface area contributed by atoms with E-state index >= 15 is 0 Å². The molecular weight excluding hydrogens is 202 g/mol. The maximum absolute atomic E-state index is 11.9. The van der Waals surface area contributed by atoms with Gasteiger partial charge in [0.15, 0.2) is 0 Å². The van der Waals surface area contributed by atoms with E-state index in [1.165, 1.54) is 0 Å². The van der Waals surface area contributed by atoms with E-state index in [-0.39, 0.29) is 11.9 Å². The van der Waals surface area contributed by atoms with Gasteiger partial charge in [-0.15, -0.1) is 0 Å². The molecule has 0 aliphatic heterocycles. The quantitative estimate of drug-likeness (QED) is 0.673. The first-order valence-corrected chi connectivity index (χ1v) is 6.15. The number of likely N-dealkylation sites (N-methyl/N-ethyl adjacent to an activating group) is 1. The predicted octanol–water partition coefficient (Wildman–Crippen LogP) is 0.914.